The number of benzene rings is 1. The molecule has 2 heterocycles. The molecular weight excluding hydrogens is 463 g/mol. The number of H-pyrrole nitrogens is 1. The Labute approximate surface area is 190 Å². The minimum Gasteiger partial charge on any atom is -0.417 e. The minimum absolute atomic E-state index is 0.0369. The molecule has 0 aliphatic rings. The number of pyridine rings is 1. The number of aromatic nitrogens is 3. The Morgan fingerprint density at radius 1 is 1.15 bits per heavy atom. The quantitative estimate of drug-likeness (QED) is 0.487. The number of hydrogen-bond acceptors (Lipinski definition) is 5. The van der Waals surface area contributed by atoms with Gasteiger partial charge in [0.1, 0.15) is 5.82 Å². The molecule has 0 fully saturated rings. The number of rotatable bonds is 7. The molecule has 0 saturated heterocycles. The van der Waals surface area contributed by atoms with Crippen LogP contribution in [0.4, 0.5) is 22.0 Å². The van der Waals surface area contributed by atoms with E-state index in [1.165, 1.54) is 18.2 Å². The lowest BCUT2D eigenvalue weighted by Gasteiger charge is -2.15. The first-order valence-corrected chi connectivity index (χ1v) is 9.95. The molecule has 1 amide bonds. The molecule has 3 rings (SSSR count). The fourth-order valence-corrected chi connectivity index (χ4v) is 3.00. The largest absolute Gasteiger partial charge is 0.417 e. The van der Waals surface area contributed by atoms with Gasteiger partial charge in [0.15, 0.2) is 0 Å². The van der Waals surface area contributed by atoms with Crippen molar-refractivity contribution in [3.63, 3.8) is 0 Å². The third-order valence-corrected chi connectivity index (χ3v) is 4.62. The summed E-state index contributed by atoms with van der Waals surface area (Å²) >= 11 is 0. The van der Waals surface area contributed by atoms with Gasteiger partial charge in [-0.2, -0.15) is 22.0 Å². The number of amides is 1. The van der Waals surface area contributed by atoms with Crippen LogP contribution >= 0.6 is 0 Å². The van der Waals surface area contributed by atoms with Gasteiger partial charge in [-0.3, -0.25) is 9.59 Å². The van der Waals surface area contributed by atoms with Crippen molar-refractivity contribution >= 4 is 5.91 Å². The number of hydrogen-bond donors (Lipinski definition) is 2. The lowest BCUT2D eigenvalue weighted by Crippen LogP contribution is -2.27. The lowest BCUT2D eigenvalue weighted by atomic mass is 10.0. The highest BCUT2D eigenvalue weighted by Gasteiger charge is 2.34. The van der Waals surface area contributed by atoms with E-state index in [-0.39, 0.29) is 35.5 Å². The van der Waals surface area contributed by atoms with Crippen molar-refractivity contribution in [3.8, 4) is 28.5 Å². The van der Waals surface area contributed by atoms with Gasteiger partial charge in [0.05, 0.1) is 11.3 Å². The first-order chi connectivity index (χ1) is 15.9. The van der Waals surface area contributed by atoms with E-state index in [2.05, 4.69) is 25.0 Å². The number of nitrogens with zero attached hydrogens (tertiary/aromatic N) is 2. The summed E-state index contributed by atoms with van der Waals surface area (Å²) in [4.78, 5) is 34.1. The second-order valence-electron chi connectivity index (χ2n) is 7.49. The summed E-state index contributed by atoms with van der Waals surface area (Å²) < 4.78 is 70.3. The molecular formula is C22H19F5N4O3. The van der Waals surface area contributed by atoms with Gasteiger partial charge in [-0.1, -0.05) is 19.9 Å². The number of carbonyl (C=O) groups excluding carboxylic acids is 1. The summed E-state index contributed by atoms with van der Waals surface area (Å²) in [5.41, 5.74) is -1.83. The van der Waals surface area contributed by atoms with E-state index in [1.54, 1.807) is 13.8 Å². The third kappa shape index (κ3) is 6.15. The average molecular weight is 482 g/mol. The van der Waals surface area contributed by atoms with Crippen LogP contribution in [-0.2, 0) is 17.5 Å². The van der Waals surface area contributed by atoms with Gasteiger partial charge in [0.2, 0.25) is 11.8 Å². The van der Waals surface area contributed by atoms with E-state index >= 15 is 0 Å². The van der Waals surface area contributed by atoms with Crippen molar-refractivity contribution in [1.29, 1.82) is 0 Å². The number of aromatic amines is 1. The fraction of sp³-hybridized carbons (Fsp3) is 0.273. The second-order valence-corrected chi connectivity index (χ2v) is 7.49. The zero-order valence-electron chi connectivity index (χ0n) is 17.9. The summed E-state index contributed by atoms with van der Waals surface area (Å²) in [6.07, 6.45) is -3.63. The van der Waals surface area contributed by atoms with Crippen molar-refractivity contribution in [1.82, 2.24) is 20.3 Å². The van der Waals surface area contributed by atoms with Crippen LogP contribution in [0, 0.1) is 5.92 Å². The van der Waals surface area contributed by atoms with Crippen LogP contribution in [0.2, 0.25) is 0 Å². The van der Waals surface area contributed by atoms with Gasteiger partial charge in [-0.05, 0) is 23.8 Å². The number of ether oxygens (including phenoxy) is 1. The van der Waals surface area contributed by atoms with E-state index in [9.17, 15) is 31.5 Å². The van der Waals surface area contributed by atoms with Crippen LogP contribution in [0.25, 0.3) is 22.6 Å². The summed E-state index contributed by atoms with van der Waals surface area (Å²) in [6, 6.07) is 6.65. The molecule has 12 heteroatoms. The third-order valence-electron chi connectivity index (χ3n) is 4.62. The summed E-state index contributed by atoms with van der Waals surface area (Å²) in [7, 11) is 0. The van der Waals surface area contributed by atoms with Crippen LogP contribution in [0.3, 0.4) is 0 Å². The van der Waals surface area contributed by atoms with E-state index in [4.69, 9.17) is 0 Å². The van der Waals surface area contributed by atoms with E-state index in [1.807, 2.05) is 0 Å². The molecule has 0 aliphatic carbocycles. The minimum atomic E-state index is -4.77. The van der Waals surface area contributed by atoms with Crippen LogP contribution in [0.15, 0.2) is 47.4 Å². The van der Waals surface area contributed by atoms with Crippen LogP contribution in [0.1, 0.15) is 25.0 Å². The topological polar surface area (TPSA) is 97.0 Å². The van der Waals surface area contributed by atoms with Gasteiger partial charge >= 0.3 is 12.8 Å². The normalized spacial score (nSPS) is 11.7. The van der Waals surface area contributed by atoms with Crippen molar-refractivity contribution in [3.05, 3.63) is 64.1 Å². The fourth-order valence-electron chi connectivity index (χ4n) is 3.00. The second kappa shape index (κ2) is 9.98. The Hall–Kier alpha value is -3.83. The van der Waals surface area contributed by atoms with Crippen molar-refractivity contribution < 1.29 is 31.5 Å². The first-order valence-electron chi connectivity index (χ1n) is 9.95. The molecule has 1 aromatic carbocycles. The number of nitrogens with one attached hydrogen (secondary N) is 2. The SMILES string of the molecule is CC(C)C(=O)NCc1ccc(C(F)(F)F)c(-c2nc(-c3ccnc(OC(F)F)c3)cc(=O)[nH]2)c1. The maximum absolute atomic E-state index is 13.7. The number of alkyl halides is 5. The number of carbonyl (C=O) groups is 1. The molecule has 0 saturated carbocycles. The Morgan fingerprint density at radius 3 is 2.53 bits per heavy atom. The highest BCUT2D eigenvalue weighted by molar-refractivity contribution is 5.78. The molecule has 0 radical (unpaired) electrons. The van der Waals surface area contributed by atoms with E-state index in [0.717, 1.165) is 24.4 Å². The maximum Gasteiger partial charge on any atom is 0.417 e. The Balaban J connectivity index is 2.08. The zero-order valence-corrected chi connectivity index (χ0v) is 17.9. The molecule has 0 atom stereocenters. The Kier molecular flexibility index (Phi) is 7.28. The molecule has 2 aromatic heterocycles. The molecule has 0 bridgehead atoms. The van der Waals surface area contributed by atoms with Crippen molar-refractivity contribution in [2.24, 2.45) is 5.92 Å². The highest BCUT2D eigenvalue weighted by atomic mass is 19.4. The molecule has 3 aromatic rings. The molecule has 2 N–H and O–H groups in total. The number of halogens is 5. The summed E-state index contributed by atoms with van der Waals surface area (Å²) in [6.45, 7) is 0.165. The molecule has 7 nitrogen and oxygen atoms in total. The summed E-state index contributed by atoms with van der Waals surface area (Å²) in [5, 5.41) is 2.61. The zero-order chi connectivity index (χ0) is 25.0. The van der Waals surface area contributed by atoms with Crippen molar-refractivity contribution in [2.45, 2.75) is 33.2 Å². The standard InChI is InChI=1S/C22H19F5N4O3/c1-11(2)20(33)29-10-12-3-4-15(22(25,26)27)14(7-12)19-30-16(9-17(32)31-19)13-5-6-28-18(8-13)34-21(23)24/h3-9,11,21H,10H2,1-2H3,(H,29,33)(H,30,31,32). The smallest absolute Gasteiger partial charge is 0.417 e. The Morgan fingerprint density at radius 2 is 1.88 bits per heavy atom. The van der Waals surface area contributed by atoms with Crippen LogP contribution < -0.4 is 15.6 Å². The lowest BCUT2D eigenvalue weighted by molar-refractivity contribution is -0.137. The van der Waals surface area contributed by atoms with Gasteiger partial charge in [0.25, 0.3) is 5.56 Å². The molecule has 0 spiro atoms. The monoisotopic (exact) mass is 482 g/mol. The first kappa shape index (κ1) is 24.8. The molecule has 180 valence electrons. The molecule has 34 heavy (non-hydrogen) atoms. The van der Waals surface area contributed by atoms with Gasteiger partial charge in [0, 0.05) is 41.9 Å². The average Bonchev–Trinajstić information content (AvgIpc) is 2.75. The summed E-state index contributed by atoms with van der Waals surface area (Å²) in [5.74, 6) is -1.44. The predicted molar refractivity (Wildman–Crippen MR) is 112 cm³/mol. The van der Waals surface area contributed by atoms with Crippen LogP contribution in [0.5, 0.6) is 5.88 Å². The van der Waals surface area contributed by atoms with Crippen LogP contribution in [-0.4, -0.2) is 27.5 Å². The van der Waals surface area contributed by atoms with Gasteiger partial charge in [-0.15, -0.1) is 0 Å². The molecule has 0 unspecified atom stereocenters. The predicted octanol–water partition coefficient (Wildman–Crippen LogP) is 4.39. The van der Waals surface area contributed by atoms with E-state index < -0.39 is 35.4 Å². The maximum atomic E-state index is 13.7. The van der Waals surface area contributed by atoms with Gasteiger partial charge in [-0.25, -0.2) is 9.97 Å². The highest BCUT2D eigenvalue weighted by Crippen LogP contribution is 2.36. The van der Waals surface area contributed by atoms with E-state index in [0.29, 0.717) is 5.56 Å². The van der Waals surface area contributed by atoms with Crippen molar-refractivity contribution in [2.75, 3.05) is 0 Å². The molecule has 0 aliphatic heterocycles. The van der Waals surface area contributed by atoms with Gasteiger partial charge < -0.3 is 15.0 Å². The Bertz CT molecular complexity index is 1240.